The smallest absolute Gasteiger partial charge is 0.0951 e. The summed E-state index contributed by atoms with van der Waals surface area (Å²) >= 11 is 0. The van der Waals surface area contributed by atoms with Gasteiger partial charge >= 0.3 is 0 Å². The van der Waals surface area contributed by atoms with E-state index in [1.54, 1.807) is 6.26 Å². The van der Waals surface area contributed by atoms with Crippen LogP contribution in [0, 0.1) is 0 Å². The lowest BCUT2D eigenvalue weighted by Gasteiger charge is -2.45. The molecule has 0 spiro atoms. The lowest BCUT2D eigenvalue weighted by Crippen LogP contribution is -2.52. The summed E-state index contributed by atoms with van der Waals surface area (Å²) < 4.78 is 5.29. The van der Waals surface area contributed by atoms with Gasteiger partial charge in [-0.05, 0) is 40.1 Å². The first-order valence-corrected chi connectivity index (χ1v) is 7.07. The number of nitrogens with zero attached hydrogens (tertiary/aromatic N) is 1. The van der Waals surface area contributed by atoms with E-state index in [1.807, 2.05) is 6.26 Å². The molecule has 1 aromatic rings. The standard InChI is InChI=1S/C15H26N2O/c1-16-14(13-8-11-18-12-13)15(17(2)3)9-6-4-5-7-10-15/h8,11-12,14,16H,4-7,9-10H2,1-3H3. The Morgan fingerprint density at radius 1 is 1.22 bits per heavy atom. The Bertz CT molecular complexity index is 337. The summed E-state index contributed by atoms with van der Waals surface area (Å²) in [5, 5.41) is 3.52. The van der Waals surface area contributed by atoms with Gasteiger partial charge in [0.05, 0.1) is 18.6 Å². The fourth-order valence-electron chi connectivity index (χ4n) is 3.52. The number of furan rings is 1. The van der Waals surface area contributed by atoms with E-state index in [0.717, 1.165) is 0 Å². The molecule has 1 aliphatic carbocycles. The number of nitrogens with one attached hydrogen (secondary N) is 1. The van der Waals surface area contributed by atoms with Crippen LogP contribution in [0.25, 0.3) is 0 Å². The fraction of sp³-hybridized carbons (Fsp3) is 0.733. The molecule has 1 aromatic heterocycles. The van der Waals surface area contributed by atoms with E-state index < -0.39 is 0 Å². The molecule has 1 unspecified atom stereocenters. The van der Waals surface area contributed by atoms with Crippen molar-refractivity contribution in [3.8, 4) is 0 Å². The van der Waals surface area contributed by atoms with Crippen molar-refractivity contribution >= 4 is 0 Å². The molecule has 0 bridgehead atoms. The Kier molecular flexibility index (Phi) is 4.46. The molecule has 1 atom stereocenters. The third-order valence-corrected chi connectivity index (χ3v) is 4.56. The van der Waals surface area contributed by atoms with E-state index >= 15 is 0 Å². The van der Waals surface area contributed by atoms with Gasteiger partial charge in [-0.15, -0.1) is 0 Å². The number of hydrogen-bond donors (Lipinski definition) is 1. The fourth-order valence-corrected chi connectivity index (χ4v) is 3.52. The van der Waals surface area contributed by atoms with Crippen molar-refractivity contribution in [3.63, 3.8) is 0 Å². The summed E-state index contributed by atoms with van der Waals surface area (Å²) in [5.74, 6) is 0. The lowest BCUT2D eigenvalue weighted by atomic mass is 9.79. The first-order chi connectivity index (χ1) is 8.70. The number of rotatable bonds is 4. The van der Waals surface area contributed by atoms with Crippen LogP contribution in [0.4, 0.5) is 0 Å². The highest BCUT2D eigenvalue weighted by molar-refractivity contribution is 5.19. The molecule has 0 amide bonds. The second-order valence-electron chi connectivity index (χ2n) is 5.69. The summed E-state index contributed by atoms with van der Waals surface area (Å²) in [6, 6.07) is 2.45. The van der Waals surface area contributed by atoms with Gasteiger partial charge in [-0.1, -0.05) is 25.7 Å². The molecular formula is C15H26N2O. The van der Waals surface area contributed by atoms with Gasteiger partial charge in [0.25, 0.3) is 0 Å². The van der Waals surface area contributed by atoms with Crippen molar-refractivity contribution in [1.29, 1.82) is 0 Å². The molecular weight excluding hydrogens is 224 g/mol. The Labute approximate surface area is 111 Å². The highest BCUT2D eigenvalue weighted by atomic mass is 16.3. The maximum atomic E-state index is 5.29. The first kappa shape index (κ1) is 13.6. The Hall–Kier alpha value is -0.800. The molecule has 3 nitrogen and oxygen atoms in total. The van der Waals surface area contributed by atoms with E-state index in [-0.39, 0.29) is 5.54 Å². The van der Waals surface area contributed by atoms with Crippen LogP contribution < -0.4 is 5.32 Å². The zero-order valence-corrected chi connectivity index (χ0v) is 11.9. The zero-order chi connectivity index (χ0) is 13.0. The van der Waals surface area contributed by atoms with E-state index in [1.165, 1.54) is 44.1 Å². The van der Waals surface area contributed by atoms with Gasteiger partial charge in [0, 0.05) is 11.1 Å². The van der Waals surface area contributed by atoms with Crippen LogP contribution in [0.2, 0.25) is 0 Å². The summed E-state index contributed by atoms with van der Waals surface area (Å²) in [5.41, 5.74) is 1.49. The van der Waals surface area contributed by atoms with E-state index in [2.05, 4.69) is 37.4 Å². The topological polar surface area (TPSA) is 28.4 Å². The minimum atomic E-state index is 0.217. The van der Waals surface area contributed by atoms with E-state index in [9.17, 15) is 0 Å². The van der Waals surface area contributed by atoms with Gasteiger partial charge in [-0.2, -0.15) is 0 Å². The molecule has 0 radical (unpaired) electrons. The summed E-state index contributed by atoms with van der Waals surface area (Å²) in [4.78, 5) is 2.42. The minimum absolute atomic E-state index is 0.217. The SMILES string of the molecule is CNC(c1ccoc1)C1(N(C)C)CCCCCC1. The summed E-state index contributed by atoms with van der Waals surface area (Å²) in [7, 11) is 6.50. The highest BCUT2D eigenvalue weighted by Gasteiger charge is 2.41. The first-order valence-electron chi connectivity index (χ1n) is 7.07. The van der Waals surface area contributed by atoms with Crippen LogP contribution in [-0.4, -0.2) is 31.6 Å². The third-order valence-electron chi connectivity index (χ3n) is 4.56. The molecule has 2 rings (SSSR count). The Balaban J connectivity index is 2.32. The molecule has 18 heavy (non-hydrogen) atoms. The predicted octanol–water partition coefficient (Wildman–Crippen LogP) is 3.19. The van der Waals surface area contributed by atoms with Crippen LogP contribution in [0.5, 0.6) is 0 Å². The molecule has 102 valence electrons. The lowest BCUT2D eigenvalue weighted by molar-refractivity contribution is 0.0832. The maximum Gasteiger partial charge on any atom is 0.0951 e. The second-order valence-corrected chi connectivity index (χ2v) is 5.69. The zero-order valence-electron chi connectivity index (χ0n) is 11.9. The van der Waals surface area contributed by atoms with Crippen molar-refractivity contribution in [3.05, 3.63) is 24.2 Å². The predicted molar refractivity (Wildman–Crippen MR) is 74.6 cm³/mol. The Morgan fingerprint density at radius 2 is 1.89 bits per heavy atom. The van der Waals surface area contributed by atoms with Gasteiger partial charge in [0.2, 0.25) is 0 Å². The van der Waals surface area contributed by atoms with Crippen LogP contribution in [0.3, 0.4) is 0 Å². The minimum Gasteiger partial charge on any atom is -0.472 e. The van der Waals surface area contributed by atoms with Gasteiger partial charge in [0.1, 0.15) is 0 Å². The second kappa shape index (κ2) is 5.89. The monoisotopic (exact) mass is 250 g/mol. The van der Waals surface area contributed by atoms with Gasteiger partial charge in [0.15, 0.2) is 0 Å². The summed E-state index contributed by atoms with van der Waals surface area (Å²) in [6.07, 6.45) is 11.6. The Morgan fingerprint density at radius 3 is 2.33 bits per heavy atom. The molecule has 1 saturated carbocycles. The van der Waals surface area contributed by atoms with Crippen LogP contribution in [0.15, 0.2) is 23.0 Å². The van der Waals surface area contributed by atoms with Crippen LogP contribution in [-0.2, 0) is 0 Å². The molecule has 1 aliphatic rings. The normalized spacial score (nSPS) is 21.8. The molecule has 3 heteroatoms. The van der Waals surface area contributed by atoms with Gasteiger partial charge in [-0.25, -0.2) is 0 Å². The third kappa shape index (κ3) is 2.47. The van der Waals surface area contributed by atoms with Gasteiger partial charge in [-0.3, -0.25) is 0 Å². The molecule has 0 aromatic carbocycles. The quantitative estimate of drug-likeness (QED) is 0.832. The largest absolute Gasteiger partial charge is 0.472 e. The number of likely N-dealkylation sites (N-methyl/N-ethyl adjacent to an activating group) is 2. The summed E-state index contributed by atoms with van der Waals surface area (Å²) in [6.45, 7) is 0. The highest BCUT2D eigenvalue weighted by Crippen LogP contribution is 2.40. The van der Waals surface area contributed by atoms with E-state index in [4.69, 9.17) is 4.42 Å². The average molecular weight is 250 g/mol. The molecule has 0 aliphatic heterocycles. The average Bonchev–Trinajstić information content (AvgIpc) is 2.75. The number of hydrogen-bond acceptors (Lipinski definition) is 3. The molecule has 1 N–H and O–H groups in total. The van der Waals surface area contributed by atoms with Crippen molar-refractivity contribution < 1.29 is 4.42 Å². The molecule has 0 saturated heterocycles. The van der Waals surface area contributed by atoms with E-state index in [0.29, 0.717) is 6.04 Å². The van der Waals surface area contributed by atoms with Crippen molar-refractivity contribution in [1.82, 2.24) is 10.2 Å². The molecule has 1 fully saturated rings. The van der Waals surface area contributed by atoms with Crippen LogP contribution >= 0.6 is 0 Å². The van der Waals surface area contributed by atoms with Crippen molar-refractivity contribution in [2.45, 2.75) is 50.1 Å². The van der Waals surface area contributed by atoms with Crippen molar-refractivity contribution in [2.75, 3.05) is 21.1 Å². The van der Waals surface area contributed by atoms with Crippen molar-refractivity contribution in [2.24, 2.45) is 0 Å². The van der Waals surface area contributed by atoms with Gasteiger partial charge < -0.3 is 14.6 Å². The maximum absolute atomic E-state index is 5.29. The molecule has 1 heterocycles. The van der Waals surface area contributed by atoms with Crippen LogP contribution in [0.1, 0.15) is 50.1 Å².